The van der Waals surface area contributed by atoms with E-state index in [9.17, 15) is 13.2 Å². The Kier molecular flexibility index (Phi) is 4.95. The summed E-state index contributed by atoms with van der Waals surface area (Å²) in [5, 5.41) is 6.69. The van der Waals surface area contributed by atoms with Crippen LogP contribution in [0.2, 0.25) is 0 Å². The van der Waals surface area contributed by atoms with Crippen molar-refractivity contribution in [3.05, 3.63) is 17.5 Å². The third-order valence-corrected chi connectivity index (χ3v) is 2.17. The number of nitrogens with one attached hydrogen (secondary N) is 1. The van der Waals surface area contributed by atoms with Gasteiger partial charge in [0.1, 0.15) is 0 Å². The first-order valence-corrected chi connectivity index (χ1v) is 5.25. The quantitative estimate of drug-likeness (QED) is 0.836. The summed E-state index contributed by atoms with van der Waals surface area (Å²) in [6, 6.07) is 1.74. The van der Waals surface area contributed by atoms with Gasteiger partial charge in [-0.1, -0.05) is 5.16 Å². The highest BCUT2D eigenvalue weighted by atomic mass is 19.4. The molecule has 1 aromatic heterocycles. The summed E-state index contributed by atoms with van der Waals surface area (Å²) in [5.41, 5.74) is 0.742. The van der Waals surface area contributed by atoms with E-state index in [0.29, 0.717) is 18.8 Å². The van der Waals surface area contributed by atoms with E-state index in [4.69, 9.17) is 4.52 Å². The second-order valence-electron chi connectivity index (χ2n) is 3.92. The first-order valence-electron chi connectivity index (χ1n) is 5.25. The fourth-order valence-corrected chi connectivity index (χ4v) is 1.36. The number of aromatic nitrogens is 1. The van der Waals surface area contributed by atoms with Crippen LogP contribution >= 0.6 is 0 Å². The SMILES string of the molecule is CNCc1cc(CN(C)CCC(F)(F)F)on1. The minimum absolute atomic E-state index is 0.0500. The van der Waals surface area contributed by atoms with E-state index < -0.39 is 12.6 Å². The lowest BCUT2D eigenvalue weighted by molar-refractivity contribution is -0.137. The Bertz CT molecular complexity index is 338. The third kappa shape index (κ3) is 5.69. The smallest absolute Gasteiger partial charge is 0.360 e. The van der Waals surface area contributed by atoms with Crippen LogP contribution in [0.15, 0.2) is 10.6 Å². The van der Waals surface area contributed by atoms with E-state index in [1.54, 1.807) is 25.1 Å². The highest BCUT2D eigenvalue weighted by Crippen LogP contribution is 2.19. The van der Waals surface area contributed by atoms with Crippen LogP contribution in [0.1, 0.15) is 17.9 Å². The molecule has 0 saturated carbocycles. The molecule has 0 aliphatic carbocycles. The maximum absolute atomic E-state index is 12.0. The Morgan fingerprint density at radius 1 is 1.47 bits per heavy atom. The normalized spacial score (nSPS) is 12.4. The molecule has 0 radical (unpaired) electrons. The summed E-state index contributed by atoms with van der Waals surface area (Å²) >= 11 is 0. The molecule has 1 rings (SSSR count). The van der Waals surface area contributed by atoms with Crippen molar-refractivity contribution in [2.24, 2.45) is 0 Å². The van der Waals surface area contributed by atoms with Crippen LogP contribution in [0.4, 0.5) is 13.2 Å². The highest BCUT2D eigenvalue weighted by molar-refractivity contribution is 5.04. The lowest BCUT2D eigenvalue weighted by atomic mass is 10.3. The average molecular weight is 251 g/mol. The Morgan fingerprint density at radius 3 is 2.76 bits per heavy atom. The molecule has 0 fully saturated rings. The second-order valence-corrected chi connectivity index (χ2v) is 3.92. The van der Waals surface area contributed by atoms with E-state index in [1.807, 2.05) is 0 Å². The molecule has 7 heteroatoms. The average Bonchev–Trinajstić information content (AvgIpc) is 2.62. The molecule has 0 unspecified atom stereocenters. The maximum Gasteiger partial charge on any atom is 0.390 e. The molecule has 4 nitrogen and oxygen atoms in total. The monoisotopic (exact) mass is 251 g/mol. The number of nitrogens with zero attached hydrogens (tertiary/aromatic N) is 2. The van der Waals surface area contributed by atoms with Crippen LogP contribution in [0.25, 0.3) is 0 Å². The van der Waals surface area contributed by atoms with E-state index >= 15 is 0 Å². The van der Waals surface area contributed by atoms with Gasteiger partial charge in [0.2, 0.25) is 0 Å². The maximum atomic E-state index is 12.0. The number of alkyl halides is 3. The van der Waals surface area contributed by atoms with Crippen LogP contribution in [0, 0.1) is 0 Å². The van der Waals surface area contributed by atoms with Crippen molar-refractivity contribution in [2.45, 2.75) is 25.7 Å². The van der Waals surface area contributed by atoms with Gasteiger partial charge in [0.05, 0.1) is 18.7 Å². The molecule has 0 spiro atoms. The molecular formula is C10H16F3N3O. The van der Waals surface area contributed by atoms with Gasteiger partial charge in [-0.25, -0.2) is 0 Å². The minimum atomic E-state index is -4.12. The Labute approximate surface area is 97.8 Å². The molecule has 0 aliphatic rings. The first kappa shape index (κ1) is 14.0. The largest absolute Gasteiger partial charge is 0.390 e. The van der Waals surface area contributed by atoms with Crippen LogP contribution in [0.5, 0.6) is 0 Å². The molecule has 1 heterocycles. The van der Waals surface area contributed by atoms with Gasteiger partial charge in [-0.3, -0.25) is 4.90 Å². The van der Waals surface area contributed by atoms with Crippen molar-refractivity contribution in [3.8, 4) is 0 Å². The molecule has 0 aliphatic heterocycles. The number of rotatable bonds is 6. The lowest BCUT2D eigenvalue weighted by Gasteiger charge is -2.15. The van der Waals surface area contributed by atoms with Crippen LogP contribution < -0.4 is 5.32 Å². The van der Waals surface area contributed by atoms with Crippen molar-refractivity contribution in [3.63, 3.8) is 0 Å². The summed E-state index contributed by atoms with van der Waals surface area (Å²) in [6.07, 6.45) is -4.94. The highest BCUT2D eigenvalue weighted by Gasteiger charge is 2.27. The number of hydrogen-bond acceptors (Lipinski definition) is 4. The van der Waals surface area contributed by atoms with E-state index in [0.717, 1.165) is 5.69 Å². The number of halogens is 3. The van der Waals surface area contributed by atoms with Crippen molar-refractivity contribution >= 4 is 0 Å². The lowest BCUT2D eigenvalue weighted by Crippen LogP contribution is -2.23. The van der Waals surface area contributed by atoms with Crippen molar-refractivity contribution in [1.82, 2.24) is 15.4 Å². The molecule has 17 heavy (non-hydrogen) atoms. The van der Waals surface area contributed by atoms with Crippen molar-refractivity contribution in [2.75, 3.05) is 20.6 Å². The summed E-state index contributed by atoms with van der Waals surface area (Å²) in [6.45, 7) is 0.855. The van der Waals surface area contributed by atoms with E-state index in [-0.39, 0.29) is 6.54 Å². The van der Waals surface area contributed by atoms with Gasteiger partial charge in [0.15, 0.2) is 5.76 Å². The fraction of sp³-hybridized carbons (Fsp3) is 0.700. The summed E-state index contributed by atoms with van der Waals surface area (Å²) in [7, 11) is 3.40. The molecule has 0 amide bonds. The van der Waals surface area contributed by atoms with Gasteiger partial charge >= 0.3 is 6.18 Å². The van der Waals surface area contributed by atoms with Crippen LogP contribution in [-0.4, -0.2) is 36.9 Å². The molecule has 0 saturated heterocycles. The molecule has 98 valence electrons. The molecule has 1 aromatic rings. The third-order valence-electron chi connectivity index (χ3n) is 2.17. The van der Waals surface area contributed by atoms with E-state index in [1.165, 1.54) is 0 Å². The zero-order valence-corrected chi connectivity index (χ0v) is 9.84. The molecule has 1 N–H and O–H groups in total. The standard InChI is InChI=1S/C10H16F3N3O/c1-14-6-8-5-9(17-15-8)7-16(2)4-3-10(11,12)13/h5,14H,3-4,6-7H2,1-2H3. The van der Waals surface area contributed by atoms with Gasteiger partial charge < -0.3 is 9.84 Å². The van der Waals surface area contributed by atoms with Gasteiger partial charge in [-0.05, 0) is 14.1 Å². The van der Waals surface area contributed by atoms with Crippen molar-refractivity contribution in [1.29, 1.82) is 0 Å². The topological polar surface area (TPSA) is 41.3 Å². The fourth-order valence-electron chi connectivity index (χ4n) is 1.36. The zero-order chi connectivity index (χ0) is 12.9. The van der Waals surface area contributed by atoms with Gasteiger partial charge in [-0.15, -0.1) is 0 Å². The molecule has 0 aromatic carbocycles. The first-order chi connectivity index (χ1) is 7.90. The Balaban J connectivity index is 2.36. The predicted octanol–water partition coefficient (Wildman–Crippen LogP) is 1.78. The van der Waals surface area contributed by atoms with Crippen LogP contribution in [-0.2, 0) is 13.1 Å². The molecule has 0 bridgehead atoms. The summed E-state index contributed by atoms with van der Waals surface area (Å²) in [4.78, 5) is 1.55. The van der Waals surface area contributed by atoms with Gasteiger partial charge in [-0.2, -0.15) is 13.2 Å². The van der Waals surface area contributed by atoms with Gasteiger partial charge in [0.25, 0.3) is 0 Å². The second kappa shape index (κ2) is 6.02. The van der Waals surface area contributed by atoms with Crippen molar-refractivity contribution < 1.29 is 17.7 Å². The zero-order valence-electron chi connectivity index (χ0n) is 9.84. The predicted molar refractivity (Wildman–Crippen MR) is 56.3 cm³/mol. The number of hydrogen-bond donors (Lipinski definition) is 1. The van der Waals surface area contributed by atoms with Gasteiger partial charge in [0, 0.05) is 19.2 Å². The molecule has 0 atom stereocenters. The van der Waals surface area contributed by atoms with E-state index in [2.05, 4.69) is 10.5 Å². The van der Waals surface area contributed by atoms with Crippen LogP contribution in [0.3, 0.4) is 0 Å². The Hall–Kier alpha value is -1.08. The Morgan fingerprint density at radius 2 is 2.18 bits per heavy atom. The molecular weight excluding hydrogens is 235 g/mol. The summed E-state index contributed by atoms with van der Waals surface area (Å²) < 4.78 is 41.0. The summed E-state index contributed by atoms with van der Waals surface area (Å²) in [5.74, 6) is 0.569. The minimum Gasteiger partial charge on any atom is -0.360 e.